The molecule has 0 fully saturated rings. The maximum absolute atomic E-state index is 12.6. The molecule has 0 bridgehead atoms. The molecule has 2 rings (SSSR count). The van der Waals surface area contributed by atoms with Gasteiger partial charge in [0.25, 0.3) is 15.9 Å². The molecule has 1 amide bonds. The van der Waals surface area contributed by atoms with Crippen LogP contribution in [0.5, 0.6) is 5.75 Å². The van der Waals surface area contributed by atoms with Crippen LogP contribution >= 0.6 is 0 Å². The summed E-state index contributed by atoms with van der Waals surface area (Å²) in [7, 11) is -2.21. The van der Waals surface area contributed by atoms with E-state index in [1.54, 1.807) is 37.3 Å². The molecule has 1 atom stereocenters. The predicted octanol–water partition coefficient (Wildman–Crippen LogP) is 3.72. The second-order valence-corrected chi connectivity index (χ2v) is 8.16. The number of ether oxygens (including phenoxy) is 1. The summed E-state index contributed by atoms with van der Waals surface area (Å²) in [5.41, 5.74) is 1.61. The molecule has 2 aromatic carbocycles. The number of anilines is 1. The first-order valence-corrected chi connectivity index (χ1v) is 10.3. The minimum Gasteiger partial charge on any atom is -0.497 e. The van der Waals surface area contributed by atoms with Crippen LogP contribution in [0.1, 0.15) is 42.6 Å². The third kappa shape index (κ3) is 5.47. The number of methoxy groups -OCH3 is 1. The molecule has 7 heteroatoms. The van der Waals surface area contributed by atoms with E-state index < -0.39 is 10.0 Å². The van der Waals surface area contributed by atoms with Gasteiger partial charge in [0.15, 0.2) is 0 Å². The molecule has 27 heavy (non-hydrogen) atoms. The molecule has 0 heterocycles. The van der Waals surface area contributed by atoms with Crippen molar-refractivity contribution in [2.75, 3.05) is 11.8 Å². The molecule has 146 valence electrons. The van der Waals surface area contributed by atoms with Gasteiger partial charge in [0.05, 0.1) is 17.7 Å². The highest BCUT2D eigenvalue weighted by Gasteiger charge is 2.17. The van der Waals surface area contributed by atoms with E-state index in [4.69, 9.17) is 4.74 Å². The third-order valence-corrected chi connectivity index (χ3v) is 5.58. The number of carbonyl (C=O) groups is 1. The van der Waals surface area contributed by atoms with Crippen LogP contribution in [0.3, 0.4) is 0 Å². The zero-order valence-electron chi connectivity index (χ0n) is 16.1. The second kappa shape index (κ2) is 8.90. The van der Waals surface area contributed by atoms with E-state index in [1.165, 1.54) is 19.2 Å². The van der Waals surface area contributed by atoms with E-state index in [-0.39, 0.29) is 16.8 Å². The normalized spacial score (nSPS) is 12.3. The van der Waals surface area contributed by atoms with E-state index in [1.807, 2.05) is 6.92 Å². The van der Waals surface area contributed by atoms with E-state index in [9.17, 15) is 13.2 Å². The fourth-order valence-corrected chi connectivity index (χ4v) is 3.82. The van der Waals surface area contributed by atoms with Gasteiger partial charge >= 0.3 is 0 Å². The molecule has 0 radical (unpaired) electrons. The first kappa shape index (κ1) is 20.8. The number of rotatable bonds is 8. The SMILES string of the molecule is CCC[C@H](C)NC(=O)c1ccc(NS(=O)(=O)c2ccc(OC)cc2)c(C)c1. The van der Waals surface area contributed by atoms with Gasteiger partial charge in [0.2, 0.25) is 0 Å². The van der Waals surface area contributed by atoms with Crippen LogP contribution in [0.15, 0.2) is 47.4 Å². The van der Waals surface area contributed by atoms with Crippen molar-refractivity contribution in [1.82, 2.24) is 5.32 Å². The molecule has 0 saturated carbocycles. The Balaban J connectivity index is 2.16. The van der Waals surface area contributed by atoms with Crippen molar-refractivity contribution in [3.05, 3.63) is 53.6 Å². The molecule has 2 aromatic rings. The van der Waals surface area contributed by atoms with Gasteiger partial charge in [-0.3, -0.25) is 9.52 Å². The number of carbonyl (C=O) groups excluding carboxylic acids is 1. The van der Waals surface area contributed by atoms with Gasteiger partial charge in [-0.2, -0.15) is 0 Å². The number of hydrogen-bond acceptors (Lipinski definition) is 4. The Bertz CT molecular complexity index is 893. The van der Waals surface area contributed by atoms with Crippen LogP contribution in [0.4, 0.5) is 5.69 Å². The lowest BCUT2D eigenvalue weighted by atomic mass is 10.1. The molecule has 6 nitrogen and oxygen atoms in total. The standard InChI is InChI=1S/C20H26N2O4S/c1-5-6-15(3)21-20(23)16-7-12-19(14(2)13-16)22-27(24,25)18-10-8-17(26-4)9-11-18/h7-13,15,22H,5-6H2,1-4H3,(H,21,23)/t15-/m0/s1. The predicted molar refractivity (Wildman–Crippen MR) is 107 cm³/mol. The zero-order valence-corrected chi connectivity index (χ0v) is 16.9. The van der Waals surface area contributed by atoms with E-state index in [0.717, 1.165) is 12.8 Å². The van der Waals surface area contributed by atoms with Crippen molar-refractivity contribution in [1.29, 1.82) is 0 Å². The average molecular weight is 391 g/mol. The monoisotopic (exact) mass is 390 g/mol. The summed E-state index contributed by atoms with van der Waals surface area (Å²) in [6, 6.07) is 11.1. The number of hydrogen-bond donors (Lipinski definition) is 2. The van der Waals surface area contributed by atoms with Crippen LogP contribution in [-0.4, -0.2) is 27.5 Å². The van der Waals surface area contributed by atoms with Gasteiger partial charge in [0, 0.05) is 11.6 Å². The number of nitrogens with one attached hydrogen (secondary N) is 2. The smallest absolute Gasteiger partial charge is 0.261 e. The fraction of sp³-hybridized carbons (Fsp3) is 0.350. The first-order valence-electron chi connectivity index (χ1n) is 8.85. The van der Waals surface area contributed by atoms with Crippen LogP contribution in [0.25, 0.3) is 0 Å². The van der Waals surface area contributed by atoms with Crippen molar-refractivity contribution in [2.45, 2.75) is 44.6 Å². The summed E-state index contributed by atoms with van der Waals surface area (Å²) in [5, 5.41) is 2.94. The molecular formula is C20H26N2O4S. The van der Waals surface area contributed by atoms with Gasteiger partial charge < -0.3 is 10.1 Å². The minimum absolute atomic E-state index is 0.0936. The van der Waals surface area contributed by atoms with Crippen LogP contribution in [0, 0.1) is 6.92 Å². The number of aryl methyl sites for hydroxylation is 1. The molecule has 0 unspecified atom stereocenters. The van der Waals surface area contributed by atoms with E-state index >= 15 is 0 Å². The quantitative estimate of drug-likeness (QED) is 0.719. The molecular weight excluding hydrogens is 364 g/mol. The minimum atomic E-state index is -3.73. The Morgan fingerprint density at radius 3 is 2.37 bits per heavy atom. The Morgan fingerprint density at radius 2 is 1.81 bits per heavy atom. The number of amides is 1. The Kier molecular flexibility index (Phi) is 6.85. The summed E-state index contributed by atoms with van der Waals surface area (Å²) in [4.78, 5) is 12.4. The van der Waals surface area contributed by atoms with Crippen molar-refractivity contribution in [3.8, 4) is 5.75 Å². The van der Waals surface area contributed by atoms with Gasteiger partial charge in [-0.05, 0) is 68.3 Å². The maximum Gasteiger partial charge on any atom is 0.261 e. The number of benzene rings is 2. The Labute approximate surface area is 161 Å². The molecule has 0 aromatic heterocycles. The highest BCUT2D eigenvalue weighted by molar-refractivity contribution is 7.92. The van der Waals surface area contributed by atoms with Crippen LogP contribution in [0.2, 0.25) is 0 Å². The topological polar surface area (TPSA) is 84.5 Å². The van der Waals surface area contributed by atoms with Gasteiger partial charge in [0.1, 0.15) is 5.75 Å². The maximum atomic E-state index is 12.6. The van der Waals surface area contributed by atoms with Crippen molar-refractivity contribution >= 4 is 21.6 Å². The summed E-state index contributed by atoms with van der Waals surface area (Å²) in [6.07, 6.45) is 1.90. The Hall–Kier alpha value is -2.54. The lowest BCUT2D eigenvalue weighted by molar-refractivity contribution is 0.0938. The van der Waals surface area contributed by atoms with Gasteiger partial charge in [-0.1, -0.05) is 13.3 Å². The van der Waals surface area contributed by atoms with E-state index in [0.29, 0.717) is 22.6 Å². The molecule has 0 spiro atoms. The average Bonchev–Trinajstić information content (AvgIpc) is 2.63. The summed E-state index contributed by atoms with van der Waals surface area (Å²) in [6.45, 7) is 5.79. The molecule has 0 aliphatic carbocycles. The van der Waals surface area contributed by atoms with Crippen molar-refractivity contribution < 1.29 is 17.9 Å². The lowest BCUT2D eigenvalue weighted by Gasteiger charge is -2.15. The second-order valence-electron chi connectivity index (χ2n) is 6.47. The van der Waals surface area contributed by atoms with Crippen LogP contribution < -0.4 is 14.8 Å². The van der Waals surface area contributed by atoms with Gasteiger partial charge in [-0.25, -0.2) is 8.42 Å². The lowest BCUT2D eigenvalue weighted by Crippen LogP contribution is -2.32. The highest BCUT2D eigenvalue weighted by Crippen LogP contribution is 2.22. The summed E-state index contributed by atoms with van der Waals surface area (Å²) < 4.78 is 32.7. The fourth-order valence-electron chi connectivity index (χ4n) is 2.69. The van der Waals surface area contributed by atoms with Crippen molar-refractivity contribution in [2.24, 2.45) is 0 Å². The molecule has 0 aliphatic heterocycles. The third-order valence-electron chi connectivity index (χ3n) is 4.20. The summed E-state index contributed by atoms with van der Waals surface area (Å²) >= 11 is 0. The Morgan fingerprint density at radius 1 is 1.15 bits per heavy atom. The highest BCUT2D eigenvalue weighted by atomic mass is 32.2. The van der Waals surface area contributed by atoms with Gasteiger partial charge in [-0.15, -0.1) is 0 Å². The van der Waals surface area contributed by atoms with Crippen LogP contribution in [-0.2, 0) is 10.0 Å². The molecule has 2 N–H and O–H groups in total. The summed E-state index contributed by atoms with van der Waals surface area (Å²) in [5.74, 6) is 0.418. The van der Waals surface area contributed by atoms with Crippen molar-refractivity contribution in [3.63, 3.8) is 0 Å². The first-order chi connectivity index (χ1) is 12.8. The molecule has 0 aliphatic rings. The zero-order chi connectivity index (χ0) is 20.0. The molecule has 0 saturated heterocycles. The largest absolute Gasteiger partial charge is 0.497 e. The number of sulfonamides is 1. The van der Waals surface area contributed by atoms with E-state index in [2.05, 4.69) is 17.0 Å².